The van der Waals surface area contributed by atoms with Crippen molar-refractivity contribution in [2.24, 2.45) is 5.92 Å². The van der Waals surface area contributed by atoms with Crippen molar-refractivity contribution in [3.63, 3.8) is 0 Å². The third-order valence-electron chi connectivity index (χ3n) is 5.36. The zero-order valence-corrected chi connectivity index (χ0v) is 16.6. The van der Waals surface area contributed by atoms with Crippen molar-refractivity contribution in [1.82, 2.24) is 24.9 Å². The van der Waals surface area contributed by atoms with E-state index in [-0.39, 0.29) is 23.5 Å². The number of amides is 2. The van der Waals surface area contributed by atoms with E-state index < -0.39 is 0 Å². The Morgan fingerprint density at radius 3 is 2.80 bits per heavy atom. The molecule has 3 aromatic rings. The minimum Gasteiger partial charge on any atom is -0.342 e. The van der Waals surface area contributed by atoms with Gasteiger partial charge in [-0.25, -0.2) is 4.39 Å². The molecule has 0 radical (unpaired) electrons. The lowest BCUT2D eigenvalue weighted by Crippen LogP contribution is -2.32. The van der Waals surface area contributed by atoms with Crippen LogP contribution in [0, 0.1) is 18.7 Å². The van der Waals surface area contributed by atoms with E-state index in [0.29, 0.717) is 44.0 Å². The zero-order valence-electron chi connectivity index (χ0n) is 16.6. The number of carbonyl (C=O) groups is 2. The fourth-order valence-corrected chi connectivity index (χ4v) is 3.58. The summed E-state index contributed by atoms with van der Waals surface area (Å²) in [7, 11) is 0. The fraction of sp³-hybridized carbons (Fsp3) is 0.333. The summed E-state index contributed by atoms with van der Waals surface area (Å²) >= 11 is 0. The number of aryl methyl sites for hydroxylation is 2. The molecule has 0 saturated carbocycles. The van der Waals surface area contributed by atoms with Crippen molar-refractivity contribution in [3.05, 3.63) is 54.1 Å². The van der Waals surface area contributed by atoms with Gasteiger partial charge < -0.3 is 10.2 Å². The van der Waals surface area contributed by atoms with Gasteiger partial charge in [0.15, 0.2) is 5.82 Å². The minimum absolute atomic E-state index is 0.0264. The predicted octanol–water partition coefficient (Wildman–Crippen LogP) is 2.60. The molecule has 1 fully saturated rings. The molecule has 1 aliphatic rings. The Bertz CT molecular complexity index is 1040. The summed E-state index contributed by atoms with van der Waals surface area (Å²) in [5.41, 5.74) is 2.47. The van der Waals surface area contributed by atoms with Crippen LogP contribution in [0.3, 0.4) is 0 Å². The van der Waals surface area contributed by atoms with Gasteiger partial charge in [-0.15, -0.1) is 0 Å². The number of nitrogens with one attached hydrogen (secondary N) is 2. The predicted molar refractivity (Wildman–Crippen MR) is 109 cm³/mol. The minimum atomic E-state index is -0.313. The zero-order chi connectivity index (χ0) is 21.1. The maximum Gasteiger partial charge on any atom is 0.230 e. The first kappa shape index (κ1) is 19.8. The summed E-state index contributed by atoms with van der Waals surface area (Å²) in [6, 6.07) is 9.62. The summed E-state index contributed by atoms with van der Waals surface area (Å²) in [6.07, 6.45) is 2.69. The second-order valence-corrected chi connectivity index (χ2v) is 7.43. The van der Waals surface area contributed by atoms with Crippen LogP contribution >= 0.6 is 0 Å². The number of nitrogens with zero attached hydrogens (tertiary/aromatic N) is 4. The van der Waals surface area contributed by atoms with Gasteiger partial charge >= 0.3 is 0 Å². The SMILES string of the molecule is Cc1ccnn1CCC(=O)N1CCC(C(=O)Nc2cc(-c3ccc(F)cc3)[nH]n2)C1. The highest BCUT2D eigenvalue weighted by molar-refractivity contribution is 5.93. The molecule has 2 N–H and O–H groups in total. The second-order valence-electron chi connectivity index (χ2n) is 7.43. The van der Waals surface area contributed by atoms with Gasteiger partial charge in [-0.1, -0.05) is 0 Å². The molecule has 1 unspecified atom stereocenters. The molecule has 4 rings (SSSR count). The number of aromatic amines is 1. The normalized spacial score (nSPS) is 16.1. The van der Waals surface area contributed by atoms with Crippen molar-refractivity contribution in [1.29, 1.82) is 0 Å². The Labute approximate surface area is 173 Å². The van der Waals surface area contributed by atoms with Gasteiger partial charge in [0.05, 0.1) is 11.6 Å². The van der Waals surface area contributed by atoms with E-state index in [9.17, 15) is 14.0 Å². The van der Waals surface area contributed by atoms with Gasteiger partial charge in [-0.2, -0.15) is 10.2 Å². The average Bonchev–Trinajstić information content (AvgIpc) is 3.48. The lowest BCUT2D eigenvalue weighted by atomic mass is 10.1. The Balaban J connectivity index is 1.29. The number of likely N-dealkylation sites (tertiary alicyclic amines) is 1. The monoisotopic (exact) mass is 410 g/mol. The highest BCUT2D eigenvalue weighted by Gasteiger charge is 2.31. The number of hydrogen-bond donors (Lipinski definition) is 2. The fourth-order valence-electron chi connectivity index (χ4n) is 3.58. The molecular formula is C21H23FN6O2. The van der Waals surface area contributed by atoms with E-state index in [1.807, 2.05) is 13.0 Å². The van der Waals surface area contributed by atoms with E-state index in [2.05, 4.69) is 20.6 Å². The van der Waals surface area contributed by atoms with Crippen molar-refractivity contribution < 1.29 is 14.0 Å². The lowest BCUT2D eigenvalue weighted by molar-refractivity contribution is -0.130. The Kier molecular flexibility index (Phi) is 5.60. The Hall–Kier alpha value is -3.49. The van der Waals surface area contributed by atoms with Crippen LogP contribution in [0.25, 0.3) is 11.3 Å². The van der Waals surface area contributed by atoms with Crippen molar-refractivity contribution in [2.75, 3.05) is 18.4 Å². The summed E-state index contributed by atoms with van der Waals surface area (Å²) in [5, 5.41) is 13.9. The molecule has 1 saturated heterocycles. The molecule has 9 heteroatoms. The number of hydrogen-bond acceptors (Lipinski definition) is 4. The summed E-state index contributed by atoms with van der Waals surface area (Å²) in [6.45, 7) is 3.45. The maximum absolute atomic E-state index is 13.1. The van der Waals surface area contributed by atoms with Crippen molar-refractivity contribution in [2.45, 2.75) is 26.3 Å². The number of halogens is 1. The maximum atomic E-state index is 13.1. The first-order chi connectivity index (χ1) is 14.5. The molecule has 0 bridgehead atoms. The lowest BCUT2D eigenvalue weighted by Gasteiger charge is -2.16. The first-order valence-electron chi connectivity index (χ1n) is 9.88. The third-order valence-corrected chi connectivity index (χ3v) is 5.36. The smallest absolute Gasteiger partial charge is 0.230 e. The molecule has 0 aliphatic carbocycles. The molecule has 30 heavy (non-hydrogen) atoms. The molecule has 1 aromatic carbocycles. The van der Waals surface area contributed by atoms with Gasteiger partial charge in [-0.3, -0.25) is 19.4 Å². The van der Waals surface area contributed by atoms with E-state index in [0.717, 1.165) is 11.3 Å². The van der Waals surface area contributed by atoms with Gasteiger partial charge in [0.25, 0.3) is 0 Å². The van der Waals surface area contributed by atoms with E-state index in [4.69, 9.17) is 0 Å². The van der Waals surface area contributed by atoms with Crippen LogP contribution in [-0.2, 0) is 16.1 Å². The summed E-state index contributed by atoms with van der Waals surface area (Å²) in [5.74, 6) is -0.319. The molecule has 8 nitrogen and oxygen atoms in total. The second kappa shape index (κ2) is 8.48. The molecule has 0 spiro atoms. The van der Waals surface area contributed by atoms with Crippen molar-refractivity contribution in [3.8, 4) is 11.3 Å². The number of H-pyrrole nitrogens is 1. The molecule has 156 valence electrons. The summed E-state index contributed by atoms with van der Waals surface area (Å²) < 4.78 is 14.9. The third kappa shape index (κ3) is 4.40. The first-order valence-corrected chi connectivity index (χ1v) is 9.88. The average molecular weight is 410 g/mol. The highest BCUT2D eigenvalue weighted by Crippen LogP contribution is 2.22. The summed E-state index contributed by atoms with van der Waals surface area (Å²) in [4.78, 5) is 26.8. The van der Waals surface area contributed by atoms with Crippen LogP contribution in [0.4, 0.5) is 10.2 Å². The Morgan fingerprint density at radius 1 is 1.27 bits per heavy atom. The quantitative estimate of drug-likeness (QED) is 0.653. The number of rotatable bonds is 6. The van der Waals surface area contributed by atoms with Crippen LogP contribution in [0.2, 0.25) is 0 Å². The van der Waals surface area contributed by atoms with Gasteiger partial charge in [0.2, 0.25) is 11.8 Å². The number of benzene rings is 1. The van der Waals surface area contributed by atoms with Crippen LogP contribution in [0.5, 0.6) is 0 Å². The van der Waals surface area contributed by atoms with Crippen LogP contribution in [0.15, 0.2) is 42.6 Å². The van der Waals surface area contributed by atoms with E-state index in [1.54, 1.807) is 34.0 Å². The van der Waals surface area contributed by atoms with E-state index >= 15 is 0 Å². The number of aromatic nitrogens is 4. The largest absolute Gasteiger partial charge is 0.342 e. The molecule has 2 aromatic heterocycles. The topological polar surface area (TPSA) is 95.9 Å². The van der Waals surface area contributed by atoms with Crippen LogP contribution in [0.1, 0.15) is 18.5 Å². The highest BCUT2D eigenvalue weighted by atomic mass is 19.1. The number of anilines is 1. The number of carbonyl (C=O) groups excluding carboxylic acids is 2. The molecule has 2 amide bonds. The van der Waals surface area contributed by atoms with Crippen molar-refractivity contribution >= 4 is 17.6 Å². The molecular weight excluding hydrogens is 387 g/mol. The molecule has 3 heterocycles. The van der Waals surface area contributed by atoms with Gasteiger partial charge in [0, 0.05) is 44.0 Å². The van der Waals surface area contributed by atoms with Gasteiger partial charge in [-0.05, 0) is 49.2 Å². The molecule has 1 aliphatic heterocycles. The van der Waals surface area contributed by atoms with Crippen LogP contribution < -0.4 is 5.32 Å². The van der Waals surface area contributed by atoms with Crippen LogP contribution in [-0.4, -0.2) is 49.8 Å². The standard InChI is InChI=1S/C21H23FN6O2/c1-14-6-9-23-28(14)11-8-20(29)27-10-7-16(13-27)21(30)24-19-12-18(25-26-19)15-2-4-17(22)5-3-15/h2-6,9,12,16H,7-8,10-11,13H2,1H3,(H2,24,25,26,30). The van der Waals surface area contributed by atoms with E-state index in [1.165, 1.54) is 12.1 Å². The Morgan fingerprint density at radius 2 is 2.07 bits per heavy atom. The van der Waals surface area contributed by atoms with Gasteiger partial charge in [0.1, 0.15) is 5.82 Å². The molecule has 1 atom stereocenters.